The maximum atomic E-state index is 12.4. The van der Waals surface area contributed by atoms with Gasteiger partial charge in [-0.05, 0) is 44.7 Å². The van der Waals surface area contributed by atoms with E-state index < -0.39 is 0 Å². The molecule has 23 heavy (non-hydrogen) atoms. The molecule has 0 saturated carbocycles. The first-order valence-corrected chi connectivity index (χ1v) is 7.86. The van der Waals surface area contributed by atoms with Gasteiger partial charge < -0.3 is 14.5 Å². The highest BCUT2D eigenvalue weighted by molar-refractivity contribution is 6.01. The SMILES string of the molecule is CC(C)Oc1ccc(/C=C(\C#N)C(=O)N2CCN(C)CC2)cc1. The van der Waals surface area contributed by atoms with Crippen LogP contribution >= 0.6 is 0 Å². The van der Waals surface area contributed by atoms with Gasteiger partial charge >= 0.3 is 0 Å². The van der Waals surface area contributed by atoms with E-state index in [1.165, 1.54) is 0 Å². The molecular formula is C18H23N3O2. The van der Waals surface area contributed by atoms with Crippen LogP contribution in [0.5, 0.6) is 5.75 Å². The second-order valence-electron chi connectivity index (χ2n) is 6.00. The van der Waals surface area contributed by atoms with Crippen molar-refractivity contribution in [1.82, 2.24) is 9.80 Å². The largest absolute Gasteiger partial charge is 0.491 e. The lowest BCUT2D eigenvalue weighted by Gasteiger charge is -2.32. The minimum absolute atomic E-state index is 0.116. The van der Waals surface area contributed by atoms with E-state index >= 15 is 0 Å². The van der Waals surface area contributed by atoms with Gasteiger partial charge in [-0.15, -0.1) is 0 Å². The summed E-state index contributed by atoms with van der Waals surface area (Å²) in [5, 5.41) is 9.31. The van der Waals surface area contributed by atoms with Crippen LogP contribution in [0, 0.1) is 11.3 Å². The Morgan fingerprint density at radius 1 is 1.22 bits per heavy atom. The maximum Gasteiger partial charge on any atom is 0.264 e. The third kappa shape index (κ3) is 4.83. The Hall–Kier alpha value is -2.32. The summed E-state index contributed by atoms with van der Waals surface area (Å²) in [5.41, 5.74) is 0.993. The standard InChI is InChI=1S/C18H23N3O2/c1-14(2)23-17-6-4-15(5-7-17)12-16(13-19)18(22)21-10-8-20(3)9-11-21/h4-7,12,14H,8-11H2,1-3H3/b16-12+. The molecule has 1 fully saturated rings. The Labute approximate surface area is 137 Å². The van der Waals surface area contributed by atoms with Crippen molar-refractivity contribution >= 4 is 12.0 Å². The summed E-state index contributed by atoms with van der Waals surface area (Å²) < 4.78 is 5.59. The summed E-state index contributed by atoms with van der Waals surface area (Å²) in [6.45, 7) is 6.94. The summed E-state index contributed by atoms with van der Waals surface area (Å²) in [7, 11) is 2.03. The Bertz CT molecular complexity index is 606. The lowest BCUT2D eigenvalue weighted by atomic mass is 10.1. The second-order valence-corrected chi connectivity index (χ2v) is 6.00. The van der Waals surface area contributed by atoms with Crippen LogP contribution in [0.2, 0.25) is 0 Å². The maximum absolute atomic E-state index is 12.4. The molecule has 1 aliphatic heterocycles. The average Bonchev–Trinajstić information content (AvgIpc) is 2.53. The van der Waals surface area contributed by atoms with Crippen molar-refractivity contribution < 1.29 is 9.53 Å². The van der Waals surface area contributed by atoms with Gasteiger partial charge in [-0.1, -0.05) is 12.1 Å². The Morgan fingerprint density at radius 2 is 1.83 bits per heavy atom. The molecule has 0 radical (unpaired) electrons. The fraction of sp³-hybridized carbons (Fsp3) is 0.444. The predicted octanol–water partition coefficient (Wildman–Crippen LogP) is 2.15. The minimum Gasteiger partial charge on any atom is -0.491 e. The van der Waals surface area contributed by atoms with E-state index in [1.54, 1.807) is 11.0 Å². The van der Waals surface area contributed by atoms with Crippen molar-refractivity contribution in [1.29, 1.82) is 5.26 Å². The molecule has 1 aliphatic rings. The van der Waals surface area contributed by atoms with Crippen LogP contribution in [0.4, 0.5) is 0 Å². The molecule has 1 aromatic carbocycles. The summed E-state index contributed by atoms with van der Waals surface area (Å²) >= 11 is 0. The van der Waals surface area contributed by atoms with Gasteiger partial charge in [0.05, 0.1) is 6.10 Å². The van der Waals surface area contributed by atoms with Crippen molar-refractivity contribution in [3.05, 3.63) is 35.4 Å². The summed E-state index contributed by atoms with van der Waals surface area (Å²) in [4.78, 5) is 16.4. The lowest BCUT2D eigenvalue weighted by molar-refractivity contribution is -0.128. The van der Waals surface area contributed by atoms with Crippen molar-refractivity contribution in [2.45, 2.75) is 20.0 Å². The van der Waals surface area contributed by atoms with Gasteiger partial charge in [-0.3, -0.25) is 4.79 Å². The van der Waals surface area contributed by atoms with Crippen molar-refractivity contribution in [2.75, 3.05) is 33.2 Å². The van der Waals surface area contributed by atoms with Crippen LogP contribution in [0.15, 0.2) is 29.8 Å². The van der Waals surface area contributed by atoms with Gasteiger partial charge in [0.15, 0.2) is 0 Å². The van der Waals surface area contributed by atoms with Crippen LogP contribution in [-0.4, -0.2) is 55.0 Å². The minimum atomic E-state index is -0.192. The Kier molecular flexibility index (Phi) is 5.78. The smallest absolute Gasteiger partial charge is 0.264 e. The van der Waals surface area contributed by atoms with Crippen molar-refractivity contribution in [2.24, 2.45) is 0 Å². The van der Waals surface area contributed by atoms with Gasteiger partial charge in [0.2, 0.25) is 0 Å². The van der Waals surface area contributed by atoms with Gasteiger partial charge in [-0.25, -0.2) is 0 Å². The van der Waals surface area contributed by atoms with Crippen LogP contribution in [0.1, 0.15) is 19.4 Å². The molecule has 0 spiro atoms. The number of carbonyl (C=O) groups excluding carboxylic acids is 1. The highest BCUT2D eigenvalue weighted by Gasteiger charge is 2.22. The molecule has 0 N–H and O–H groups in total. The first-order valence-electron chi connectivity index (χ1n) is 7.86. The first kappa shape index (κ1) is 17.0. The number of benzene rings is 1. The molecule has 0 unspecified atom stereocenters. The van der Waals surface area contributed by atoms with E-state index in [-0.39, 0.29) is 17.6 Å². The lowest BCUT2D eigenvalue weighted by Crippen LogP contribution is -2.47. The molecule has 1 amide bonds. The van der Waals surface area contributed by atoms with E-state index in [0.717, 1.165) is 24.4 Å². The molecule has 0 bridgehead atoms. The highest BCUT2D eigenvalue weighted by atomic mass is 16.5. The molecular weight excluding hydrogens is 290 g/mol. The number of piperazine rings is 1. The highest BCUT2D eigenvalue weighted by Crippen LogP contribution is 2.17. The number of nitriles is 1. The van der Waals surface area contributed by atoms with Crippen molar-refractivity contribution in [3.63, 3.8) is 0 Å². The molecule has 0 aromatic heterocycles. The van der Waals surface area contributed by atoms with Crippen molar-refractivity contribution in [3.8, 4) is 11.8 Å². The van der Waals surface area contributed by atoms with E-state index in [1.807, 2.05) is 51.2 Å². The number of carbonyl (C=O) groups is 1. The third-order valence-electron chi connectivity index (χ3n) is 3.70. The van der Waals surface area contributed by atoms with E-state index in [0.29, 0.717) is 13.1 Å². The molecule has 122 valence electrons. The molecule has 5 nitrogen and oxygen atoms in total. The summed E-state index contributed by atoms with van der Waals surface area (Å²) in [5.74, 6) is 0.587. The first-order chi connectivity index (χ1) is 11.0. The number of rotatable bonds is 4. The van der Waals surface area contributed by atoms with Crippen LogP contribution in [-0.2, 0) is 4.79 Å². The van der Waals surface area contributed by atoms with Gasteiger partial charge in [0.1, 0.15) is 17.4 Å². The third-order valence-corrected chi connectivity index (χ3v) is 3.70. The molecule has 0 atom stereocenters. The number of hydrogen-bond donors (Lipinski definition) is 0. The summed E-state index contributed by atoms with van der Waals surface area (Å²) in [6, 6.07) is 9.43. The molecule has 5 heteroatoms. The fourth-order valence-corrected chi connectivity index (χ4v) is 2.40. The summed E-state index contributed by atoms with van der Waals surface area (Å²) in [6.07, 6.45) is 1.75. The zero-order valence-corrected chi connectivity index (χ0v) is 14.0. The normalized spacial score (nSPS) is 16.3. The number of amides is 1. The quantitative estimate of drug-likeness (QED) is 0.631. The Balaban J connectivity index is 2.09. The molecule has 1 saturated heterocycles. The molecule has 1 heterocycles. The van der Waals surface area contributed by atoms with Crippen LogP contribution in [0.25, 0.3) is 6.08 Å². The molecule has 0 aliphatic carbocycles. The topological polar surface area (TPSA) is 56.6 Å². The molecule has 2 rings (SSSR count). The number of hydrogen-bond acceptors (Lipinski definition) is 4. The van der Waals surface area contributed by atoms with Gasteiger partial charge in [-0.2, -0.15) is 5.26 Å². The van der Waals surface area contributed by atoms with E-state index in [9.17, 15) is 10.1 Å². The van der Waals surface area contributed by atoms with Crippen LogP contribution in [0.3, 0.4) is 0 Å². The monoisotopic (exact) mass is 313 g/mol. The second kappa shape index (κ2) is 7.80. The average molecular weight is 313 g/mol. The zero-order valence-electron chi connectivity index (χ0n) is 14.0. The van der Waals surface area contributed by atoms with E-state index in [4.69, 9.17) is 4.74 Å². The number of likely N-dealkylation sites (N-methyl/N-ethyl adjacent to an activating group) is 1. The number of ether oxygens (including phenoxy) is 1. The Morgan fingerprint density at radius 3 is 2.35 bits per heavy atom. The zero-order chi connectivity index (χ0) is 16.8. The van der Waals surface area contributed by atoms with Gasteiger partial charge in [0.25, 0.3) is 5.91 Å². The fourth-order valence-electron chi connectivity index (χ4n) is 2.40. The van der Waals surface area contributed by atoms with Gasteiger partial charge in [0, 0.05) is 26.2 Å². The van der Waals surface area contributed by atoms with Crippen LogP contribution < -0.4 is 4.74 Å². The predicted molar refractivity (Wildman–Crippen MR) is 89.9 cm³/mol. The number of nitrogens with zero attached hydrogens (tertiary/aromatic N) is 3. The molecule has 1 aromatic rings. The van der Waals surface area contributed by atoms with E-state index in [2.05, 4.69) is 4.90 Å².